The summed E-state index contributed by atoms with van der Waals surface area (Å²) in [4.78, 5) is 18.5. The Kier molecular flexibility index (Phi) is 2.29. The summed E-state index contributed by atoms with van der Waals surface area (Å²) in [5.41, 5.74) is 2.56. The molecule has 0 saturated heterocycles. The lowest BCUT2D eigenvalue weighted by Crippen LogP contribution is -1.89. The van der Waals surface area contributed by atoms with E-state index >= 15 is 0 Å². The van der Waals surface area contributed by atoms with Crippen LogP contribution in [-0.2, 0) is 0 Å². The van der Waals surface area contributed by atoms with Gasteiger partial charge in [0.1, 0.15) is 0 Å². The van der Waals surface area contributed by atoms with Crippen LogP contribution in [0.4, 0.5) is 0 Å². The van der Waals surface area contributed by atoms with Crippen molar-refractivity contribution in [2.24, 2.45) is 0 Å². The molecular formula is C10H9N3O2. The monoisotopic (exact) mass is 203 g/mol. The summed E-state index contributed by atoms with van der Waals surface area (Å²) >= 11 is 0. The van der Waals surface area contributed by atoms with E-state index in [9.17, 15) is 4.79 Å². The second-order valence-corrected chi connectivity index (χ2v) is 3.21. The average Bonchev–Trinajstić information content (AvgIpc) is 2.64. The third kappa shape index (κ3) is 1.90. The number of hydrogen-bond acceptors (Lipinski definition) is 5. The zero-order valence-corrected chi connectivity index (χ0v) is 8.39. The van der Waals surface area contributed by atoms with Crippen LogP contribution < -0.4 is 0 Å². The number of hydrogen-bond donors (Lipinski definition) is 0. The molecule has 0 radical (unpaired) electrons. The van der Waals surface area contributed by atoms with Gasteiger partial charge in [-0.3, -0.25) is 9.78 Å². The number of aldehydes is 1. The highest BCUT2D eigenvalue weighted by Gasteiger charge is 2.08. The zero-order valence-electron chi connectivity index (χ0n) is 8.39. The van der Waals surface area contributed by atoms with Crippen LogP contribution in [-0.4, -0.2) is 21.4 Å². The third-order valence-corrected chi connectivity index (χ3v) is 1.88. The van der Waals surface area contributed by atoms with Gasteiger partial charge in [-0.1, -0.05) is 5.16 Å². The number of aromatic nitrogens is 3. The Morgan fingerprint density at radius 1 is 1.20 bits per heavy atom. The van der Waals surface area contributed by atoms with E-state index in [4.69, 9.17) is 4.52 Å². The predicted octanol–water partition coefficient (Wildman–Crippen LogP) is 1.56. The summed E-state index contributed by atoms with van der Waals surface area (Å²) < 4.78 is 4.70. The summed E-state index contributed by atoms with van der Waals surface area (Å²) in [5.74, 6) is 0.391. The Hall–Kier alpha value is -2.04. The van der Waals surface area contributed by atoms with Crippen LogP contribution in [0.25, 0.3) is 11.4 Å². The highest BCUT2D eigenvalue weighted by molar-refractivity contribution is 5.69. The van der Waals surface area contributed by atoms with E-state index in [2.05, 4.69) is 15.1 Å². The van der Waals surface area contributed by atoms with E-state index in [-0.39, 0.29) is 5.89 Å². The van der Waals surface area contributed by atoms with Gasteiger partial charge in [0.2, 0.25) is 12.1 Å². The molecule has 0 aromatic carbocycles. The summed E-state index contributed by atoms with van der Waals surface area (Å²) in [7, 11) is 0. The molecule has 0 aliphatic heterocycles. The molecule has 0 spiro atoms. The fraction of sp³-hybridized carbons (Fsp3) is 0.200. The van der Waals surface area contributed by atoms with Crippen molar-refractivity contribution in [2.45, 2.75) is 13.8 Å². The molecular weight excluding hydrogens is 194 g/mol. The van der Waals surface area contributed by atoms with Crippen LogP contribution in [0.2, 0.25) is 0 Å². The molecule has 0 aliphatic carbocycles. The number of carbonyl (C=O) groups excluding carboxylic acids is 1. The standard InChI is InChI=1S/C10H9N3O2/c1-6-3-8(4-7(2)11-6)10-12-9(5-14)15-13-10/h3-5H,1-2H3. The number of nitrogens with zero attached hydrogens (tertiary/aromatic N) is 3. The van der Waals surface area contributed by atoms with Crippen LogP contribution in [0, 0.1) is 13.8 Å². The fourth-order valence-electron chi connectivity index (χ4n) is 1.36. The normalized spacial score (nSPS) is 10.3. The molecule has 15 heavy (non-hydrogen) atoms. The highest BCUT2D eigenvalue weighted by Crippen LogP contribution is 2.16. The zero-order chi connectivity index (χ0) is 10.8. The minimum Gasteiger partial charge on any atom is -0.331 e. The molecule has 0 bridgehead atoms. The van der Waals surface area contributed by atoms with Gasteiger partial charge in [0.15, 0.2) is 0 Å². The number of carbonyl (C=O) groups is 1. The number of rotatable bonds is 2. The maximum Gasteiger partial charge on any atom is 0.291 e. The Bertz CT molecular complexity index is 485. The van der Waals surface area contributed by atoms with Crippen molar-refractivity contribution >= 4 is 6.29 Å². The molecule has 5 nitrogen and oxygen atoms in total. The SMILES string of the molecule is Cc1cc(-c2noc(C=O)n2)cc(C)n1. The van der Waals surface area contributed by atoms with Crippen molar-refractivity contribution in [3.05, 3.63) is 29.4 Å². The molecule has 0 N–H and O–H groups in total. The summed E-state index contributed by atoms with van der Waals surface area (Å²) in [6.45, 7) is 3.77. The van der Waals surface area contributed by atoms with Gasteiger partial charge in [0.25, 0.3) is 5.89 Å². The molecule has 2 heterocycles. The van der Waals surface area contributed by atoms with Crippen LogP contribution in [0.5, 0.6) is 0 Å². The van der Waals surface area contributed by atoms with Crippen LogP contribution >= 0.6 is 0 Å². The maximum absolute atomic E-state index is 10.4. The van der Waals surface area contributed by atoms with E-state index in [1.807, 2.05) is 26.0 Å². The molecule has 0 atom stereocenters. The quantitative estimate of drug-likeness (QED) is 0.693. The van der Waals surface area contributed by atoms with Crippen molar-refractivity contribution in [2.75, 3.05) is 0 Å². The Balaban J connectivity index is 2.48. The van der Waals surface area contributed by atoms with E-state index in [1.54, 1.807) is 0 Å². The lowest BCUT2D eigenvalue weighted by atomic mass is 10.2. The number of aryl methyl sites for hydroxylation is 2. The van der Waals surface area contributed by atoms with Crippen molar-refractivity contribution in [3.63, 3.8) is 0 Å². The summed E-state index contributed by atoms with van der Waals surface area (Å²) in [6.07, 6.45) is 0.525. The molecule has 0 amide bonds. The molecule has 76 valence electrons. The molecule has 0 aliphatic rings. The van der Waals surface area contributed by atoms with E-state index in [0.29, 0.717) is 12.1 Å². The van der Waals surface area contributed by atoms with Crippen molar-refractivity contribution in [1.82, 2.24) is 15.1 Å². The predicted molar refractivity (Wildman–Crippen MR) is 52.4 cm³/mol. The maximum atomic E-state index is 10.4. The van der Waals surface area contributed by atoms with Gasteiger partial charge in [-0.25, -0.2) is 0 Å². The number of pyridine rings is 1. The molecule has 0 saturated carbocycles. The van der Waals surface area contributed by atoms with Gasteiger partial charge >= 0.3 is 0 Å². The topological polar surface area (TPSA) is 68.9 Å². The van der Waals surface area contributed by atoms with Gasteiger partial charge in [-0.05, 0) is 26.0 Å². The Morgan fingerprint density at radius 3 is 2.40 bits per heavy atom. The van der Waals surface area contributed by atoms with E-state index < -0.39 is 0 Å². The van der Waals surface area contributed by atoms with Crippen molar-refractivity contribution in [3.8, 4) is 11.4 Å². The van der Waals surface area contributed by atoms with Crippen LogP contribution in [0.3, 0.4) is 0 Å². The largest absolute Gasteiger partial charge is 0.331 e. The van der Waals surface area contributed by atoms with Gasteiger partial charge in [0, 0.05) is 17.0 Å². The van der Waals surface area contributed by atoms with Crippen LogP contribution in [0.15, 0.2) is 16.7 Å². The minimum absolute atomic E-state index is 0.0166. The minimum atomic E-state index is -0.0166. The molecule has 5 heteroatoms. The summed E-state index contributed by atoms with van der Waals surface area (Å²) in [6, 6.07) is 3.68. The lowest BCUT2D eigenvalue weighted by Gasteiger charge is -1.98. The molecule has 2 aromatic rings. The first-order valence-corrected chi connectivity index (χ1v) is 4.43. The smallest absolute Gasteiger partial charge is 0.291 e. The van der Waals surface area contributed by atoms with Gasteiger partial charge in [-0.15, -0.1) is 0 Å². The van der Waals surface area contributed by atoms with E-state index in [0.717, 1.165) is 17.0 Å². The van der Waals surface area contributed by atoms with Gasteiger partial charge in [0.05, 0.1) is 0 Å². The Morgan fingerprint density at radius 2 is 1.87 bits per heavy atom. The highest BCUT2D eigenvalue weighted by atomic mass is 16.5. The molecule has 2 aromatic heterocycles. The van der Waals surface area contributed by atoms with Gasteiger partial charge < -0.3 is 4.52 Å². The molecule has 2 rings (SSSR count). The second-order valence-electron chi connectivity index (χ2n) is 3.21. The van der Waals surface area contributed by atoms with E-state index in [1.165, 1.54) is 0 Å². The average molecular weight is 203 g/mol. The first-order chi connectivity index (χ1) is 7.19. The van der Waals surface area contributed by atoms with Gasteiger partial charge in [-0.2, -0.15) is 4.98 Å². The lowest BCUT2D eigenvalue weighted by molar-refractivity contribution is 0.108. The third-order valence-electron chi connectivity index (χ3n) is 1.88. The van der Waals surface area contributed by atoms with Crippen LogP contribution in [0.1, 0.15) is 22.1 Å². The first kappa shape index (κ1) is 9.51. The van der Waals surface area contributed by atoms with Crippen molar-refractivity contribution < 1.29 is 9.32 Å². The Labute approximate surface area is 86.1 Å². The summed E-state index contributed by atoms with van der Waals surface area (Å²) in [5, 5.41) is 3.69. The van der Waals surface area contributed by atoms with Crippen molar-refractivity contribution in [1.29, 1.82) is 0 Å². The molecule has 0 fully saturated rings. The molecule has 0 unspecified atom stereocenters. The fourth-order valence-corrected chi connectivity index (χ4v) is 1.36. The second kappa shape index (κ2) is 3.61. The first-order valence-electron chi connectivity index (χ1n) is 4.43.